The number of hydrogen-bond acceptors (Lipinski definition) is 5. The maximum atomic E-state index is 12.2. The molecular weight excluding hydrogens is 334 g/mol. The van der Waals surface area contributed by atoms with Gasteiger partial charge in [-0.05, 0) is 49.4 Å². The van der Waals surface area contributed by atoms with Crippen LogP contribution in [0.25, 0.3) is 0 Å². The number of hydrogen-bond donors (Lipinski definition) is 5. The lowest BCUT2D eigenvalue weighted by Crippen LogP contribution is -2.51. The minimum Gasteiger partial charge on any atom is -0.399 e. The lowest BCUT2D eigenvalue weighted by atomic mass is 10.1. The molecule has 0 radical (unpaired) electrons. The van der Waals surface area contributed by atoms with E-state index in [0.717, 1.165) is 5.56 Å². The van der Waals surface area contributed by atoms with E-state index in [4.69, 9.17) is 10.9 Å². The number of nitrogens with two attached hydrogens (primary N) is 1. The topological polar surface area (TPSA) is 125 Å². The van der Waals surface area contributed by atoms with Crippen LogP contribution in [0.3, 0.4) is 0 Å². The second kappa shape index (κ2) is 8.67. The molecule has 2 aromatic rings. The minimum atomic E-state index is -1.27. The van der Waals surface area contributed by atoms with Crippen molar-refractivity contribution in [3.63, 3.8) is 0 Å². The van der Waals surface area contributed by atoms with Crippen molar-refractivity contribution in [2.24, 2.45) is 0 Å². The van der Waals surface area contributed by atoms with Crippen molar-refractivity contribution < 1.29 is 19.9 Å². The SMILES string of the molecule is CC(O)C(NC(=O)c1ccc(C#Cc2cccc(N)c2)cc1)C(=O)NO. The van der Waals surface area contributed by atoms with Gasteiger partial charge in [-0.3, -0.25) is 14.8 Å². The van der Waals surface area contributed by atoms with Gasteiger partial charge in [-0.1, -0.05) is 17.9 Å². The Morgan fingerprint density at radius 2 is 1.73 bits per heavy atom. The van der Waals surface area contributed by atoms with Crippen molar-refractivity contribution in [3.8, 4) is 11.8 Å². The van der Waals surface area contributed by atoms with Crippen LogP contribution in [0.2, 0.25) is 0 Å². The molecule has 2 unspecified atom stereocenters. The Bertz CT molecular complexity index is 851. The molecule has 2 rings (SSSR count). The van der Waals surface area contributed by atoms with Crippen LogP contribution in [0.1, 0.15) is 28.4 Å². The molecular formula is C19H19N3O4. The van der Waals surface area contributed by atoms with E-state index in [1.807, 2.05) is 12.1 Å². The molecule has 134 valence electrons. The summed E-state index contributed by atoms with van der Waals surface area (Å²) in [6.45, 7) is 1.33. The summed E-state index contributed by atoms with van der Waals surface area (Å²) in [5.41, 5.74) is 9.50. The minimum absolute atomic E-state index is 0.288. The number of nitrogen functional groups attached to an aromatic ring is 1. The standard InChI is InChI=1S/C19H19N3O4/c1-12(23)17(19(25)22-26)21-18(24)15-9-7-13(8-10-15)5-6-14-3-2-4-16(20)11-14/h2-4,7-12,17,23,26H,20H2,1H3,(H,21,24)(H,22,25). The first-order chi connectivity index (χ1) is 12.4. The quantitative estimate of drug-likeness (QED) is 0.239. The Hall–Kier alpha value is -3.34. The summed E-state index contributed by atoms with van der Waals surface area (Å²) in [5.74, 6) is 4.48. The van der Waals surface area contributed by atoms with E-state index in [9.17, 15) is 14.7 Å². The first-order valence-corrected chi connectivity index (χ1v) is 7.81. The third kappa shape index (κ3) is 5.08. The number of carbonyl (C=O) groups excluding carboxylic acids is 2. The highest BCUT2D eigenvalue weighted by atomic mass is 16.5. The Balaban J connectivity index is 2.09. The number of hydroxylamine groups is 1. The zero-order valence-corrected chi connectivity index (χ0v) is 14.1. The Labute approximate surface area is 150 Å². The summed E-state index contributed by atoms with van der Waals surface area (Å²) in [4.78, 5) is 23.6. The van der Waals surface area contributed by atoms with Gasteiger partial charge in [-0.15, -0.1) is 0 Å². The van der Waals surface area contributed by atoms with Crippen LogP contribution in [0.4, 0.5) is 5.69 Å². The van der Waals surface area contributed by atoms with Crippen molar-refractivity contribution in [1.29, 1.82) is 0 Å². The molecule has 0 saturated heterocycles. The maximum absolute atomic E-state index is 12.2. The Kier molecular flexibility index (Phi) is 6.33. The predicted octanol–water partition coefficient (Wildman–Crippen LogP) is 0.653. The second-order valence-electron chi connectivity index (χ2n) is 5.62. The molecule has 2 amide bonds. The molecule has 0 aliphatic rings. The van der Waals surface area contributed by atoms with Gasteiger partial charge in [0.1, 0.15) is 6.04 Å². The van der Waals surface area contributed by atoms with Crippen molar-refractivity contribution in [2.45, 2.75) is 19.1 Å². The Morgan fingerprint density at radius 3 is 2.31 bits per heavy atom. The molecule has 0 bridgehead atoms. The van der Waals surface area contributed by atoms with Crippen molar-refractivity contribution in [3.05, 3.63) is 65.2 Å². The van der Waals surface area contributed by atoms with E-state index >= 15 is 0 Å². The van der Waals surface area contributed by atoms with Crippen LogP contribution in [0, 0.1) is 11.8 Å². The smallest absolute Gasteiger partial charge is 0.268 e. The van der Waals surface area contributed by atoms with Gasteiger partial charge in [0.05, 0.1) is 6.10 Å². The number of amides is 2. The van der Waals surface area contributed by atoms with Crippen molar-refractivity contribution in [1.82, 2.24) is 10.8 Å². The predicted molar refractivity (Wildman–Crippen MR) is 96.1 cm³/mol. The highest BCUT2D eigenvalue weighted by Gasteiger charge is 2.25. The largest absolute Gasteiger partial charge is 0.399 e. The Morgan fingerprint density at radius 1 is 1.08 bits per heavy atom. The fraction of sp³-hybridized carbons (Fsp3) is 0.158. The third-order valence-electron chi connectivity index (χ3n) is 3.55. The van der Waals surface area contributed by atoms with E-state index in [2.05, 4.69) is 17.2 Å². The summed E-state index contributed by atoms with van der Waals surface area (Å²) in [5, 5.41) is 20.6. The van der Waals surface area contributed by atoms with Crippen molar-refractivity contribution >= 4 is 17.5 Å². The summed E-state index contributed by atoms with van der Waals surface area (Å²) < 4.78 is 0. The maximum Gasteiger partial charge on any atom is 0.268 e. The van der Waals surface area contributed by atoms with Crippen LogP contribution in [-0.2, 0) is 4.79 Å². The van der Waals surface area contributed by atoms with E-state index in [-0.39, 0.29) is 5.56 Å². The van der Waals surface area contributed by atoms with Gasteiger partial charge in [0, 0.05) is 22.4 Å². The molecule has 0 heterocycles. The molecule has 6 N–H and O–H groups in total. The number of aliphatic hydroxyl groups is 1. The first kappa shape index (κ1) is 19.0. The molecule has 7 nitrogen and oxygen atoms in total. The molecule has 0 saturated carbocycles. The molecule has 26 heavy (non-hydrogen) atoms. The first-order valence-electron chi connectivity index (χ1n) is 7.81. The van der Waals surface area contributed by atoms with Gasteiger partial charge in [0.25, 0.3) is 11.8 Å². The highest BCUT2D eigenvalue weighted by molar-refractivity contribution is 5.97. The van der Waals surface area contributed by atoms with Gasteiger partial charge in [0.2, 0.25) is 0 Å². The summed E-state index contributed by atoms with van der Waals surface area (Å²) in [7, 11) is 0. The highest BCUT2D eigenvalue weighted by Crippen LogP contribution is 2.07. The lowest BCUT2D eigenvalue weighted by molar-refractivity contribution is -0.133. The number of rotatable bonds is 4. The number of benzene rings is 2. The average molecular weight is 353 g/mol. The normalized spacial score (nSPS) is 12.3. The fourth-order valence-electron chi connectivity index (χ4n) is 2.17. The zero-order valence-electron chi connectivity index (χ0n) is 14.1. The number of anilines is 1. The molecule has 0 aliphatic carbocycles. The van der Waals surface area contributed by atoms with Crippen LogP contribution >= 0.6 is 0 Å². The molecule has 0 aliphatic heterocycles. The van der Waals surface area contributed by atoms with Gasteiger partial charge in [-0.25, -0.2) is 5.48 Å². The van der Waals surface area contributed by atoms with Crippen LogP contribution in [0.15, 0.2) is 48.5 Å². The van der Waals surface area contributed by atoms with Crippen LogP contribution in [-0.4, -0.2) is 34.3 Å². The molecule has 7 heteroatoms. The van der Waals surface area contributed by atoms with E-state index in [0.29, 0.717) is 11.3 Å². The zero-order chi connectivity index (χ0) is 19.1. The second-order valence-corrected chi connectivity index (χ2v) is 5.62. The van der Waals surface area contributed by atoms with Gasteiger partial charge in [0.15, 0.2) is 0 Å². The average Bonchev–Trinajstić information content (AvgIpc) is 2.64. The van der Waals surface area contributed by atoms with Crippen molar-refractivity contribution in [2.75, 3.05) is 5.73 Å². The van der Waals surface area contributed by atoms with Gasteiger partial charge < -0.3 is 16.2 Å². The van der Waals surface area contributed by atoms with E-state index < -0.39 is 24.0 Å². The summed E-state index contributed by atoms with van der Waals surface area (Å²) in [6, 6.07) is 12.4. The van der Waals surface area contributed by atoms with E-state index in [1.165, 1.54) is 12.4 Å². The number of carbonyl (C=O) groups is 2. The molecule has 0 aromatic heterocycles. The third-order valence-corrected chi connectivity index (χ3v) is 3.55. The van der Waals surface area contributed by atoms with Gasteiger partial charge >= 0.3 is 0 Å². The number of aliphatic hydroxyl groups excluding tert-OH is 1. The summed E-state index contributed by atoms with van der Waals surface area (Å²) >= 11 is 0. The lowest BCUT2D eigenvalue weighted by Gasteiger charge is -2.19. The fourth-order valence-corrected chi connectivity index (χ4v) is 2.17. The van der Waals surface area contributed by atoms with Crippen LogP contribution in [0.5, 0.6) is 0 Å². The van der Waals surface area contributed by atoms with Crippen LogP contribution < -0.4 is 16.5 Å². The molecule has 2 aromatic carbocycles. The molecule has 0 fully saturated rings. The summed E-state index contributed by atoms with van der Waals surface area (Å²) in [6.07, 6.45) is -1.17. The monoisotopic (exact) mass is 353 g/mol. The molecule has 2 atom stereocenters. The van der Waals surface area contributed by atoms with Gasteiger partial charge in [-0.2, -0.15) is 0 Å². The molecule has 0 spiro atoms. The van der Waals surface area contributed by atoms with E-state index in [1.54, 1.807) is 36.4 Å². The number of nitrogens with one attached hydrogen (secondary N) is 2.